The Hall–Kier alpha value is -10.0. The first kappa shape index (κ1) is 45.4. The van der Waals surface area contributed by atoms with Gasteiger partial charge in [-0.25, -0.2) is 4.40 Å². The lowest BCUT2D eigenvalue weighted by molar-refractivity contribution is 0.669. The van der Waals surface area contributed by atoms with Gasteiger partial charge < -0.3 is 13.9 Å². The van der Waals surface area contributed by atoms with Crippen molar-refractivity contribution >= 4 is 117 Å². The summed E-state index contributed by atoms with van der Waals surface area (Å²) in [5, 5.41) is 21.7. The Morgan fingerprint density at radius 3 is 1.73 bits per heavy atom. The molecule has 0 amide bonds. The Kier molecular flexibility index (Phi) is 10.7. The van der Waals surface area contributed by atoms with Gasteiger partial charge in [0.15, 0.2) is 0 Å². The van der Waals surface area contributed by atoms with Crippen molar-refractivity contribution in [3.63, 3.8) is 0 Å². The Bertz CT molecular complexity index is 4850. The third-order valence-electron chi connectivity index (χ3n) is 15.7. The van der Waals surface area contributed by atoms with Gasteiger partial charge in [0, 0.05) is 49.6 Å². The molecule has 0 bridgehead atoms. The number of nitrogens with one attached hydrogen (secondary N) is 1. The number of anilines is 2. The molecule has 0 saturated heterocycles. The second kappa shape index (κ2) is 18.4. The number of allylic oxidation sites excluding steroid dienone is 4. The molecule has 0 spiro atoms. The highest BCUT2D eigenvalue weighted by atomic mass is 32.1. The molecule has 0 saturated carbocycles. The molecule has 78 heavy (non-hydrogen) atoms. The molecular formula is C72H46N4OS. The second-order valence-electron chi connectivity index (χ2n) is 20.1. The van der Waals surface area contributed by atoms with Crippen LogP contribution in [0.3, 0.4) is 0 Å². The van der Waals surface area contributed by atoms with Gasteiger partial charge in [0.2, 0.25) is 0 Å². The van der Waals surface area contributed by atoms with Crippen molar-refractivity contribution < 1.29 is 4.42 Å². The zero-order valence-corrected chi connectivity index (χ0v) is 43.0. The molecule has 5 nitrogen and oxygen atoms in total. The van der Waals surface area contributed by atoms with Gasteiger partial charge in [-0.15, -0.1) is 0 Å². The Morgan fingerprint density at radius 2 is 0.974 bits per heavy atom. The fraction of sp³-hybridized carbons (Fsp3) is 0. The molecule has 0 atom stereocenters. The maximum absolute atomic E-state index is 9.89. The van der Waals surface area contributed by atoms with E-state index in [0.717, 1.165) is 100 Å². The van der Waals surface area contributed by atoms with Crippen molar-refractivity contribution in [2.75, 3.05) is 4.90 Å². The average molecular weight is 1020 g/mol. The number of hydrogen-bond acceptors (Lipinski definition) is 5. The standard InChI is InChI=1S/C72H46N4OS/c73-70-57(37-39-66(71(70)74-78)75(54-32-26-47(27-33-54)45-14-3-1-4-15-45)56-21-13-20-49(40-56)46-16-5-2-6-17-46)48-28-34-55(35-29-48)76-65-38-31-52(53-30-36-60-59-23-11-12-25-67(59)77-68(60)44-53)43-64(65)69-61-24-10-9-22-58(61)62-41-50-18-7-8-19-51(50)42-63(62)72(69)76/h1-44,73,78H/b73-70?,74-71-. The number of aromatic nitrogens is 1. The van der Waals surface area contributed by atoms with Crippen LogP contribution < -0.4 is 4.90 Å². The average Bonchev–Trinajstić information content (AvgIpc) is 4.28. The largest absolute Gasteiger partial charge is 0.456 e. The molecule has 15 rings (SSSR count). The molecule has 1 aliphatic rings. The molecule has 0 fully saturated rings. The number of fused-ring (bicyclic) bond motifs is 12. The minimum absolute atomic E-state index is 0.287. The predicted octanol–water partition coefficient (Wildman–Crippen LogP) is 19.6. The number of para-hydroxylation sites is 1. The molecule has 1 aliphatic carbocycles. The fourth-order valence-electron chi connectivity index (χ4n) is 12.0. The number of benzene rings is 12. The highest BCUT2D eigenvalue weighted by molar-refractivity contribution is 7.79. The van der Waals surface area contributed by atoms with Gasteiger partial charge in [-0.05, 0) is 170 Å². The Labute approximate surface area is 455 Å². The van der Waals surface area contributed by atoms with Crippen LogP contribution >= 0.6 is 12.8 Å². The molecule has 366 valence electrons. The first-order chi connectivity index (χ1) is 38.5. The maximum Gasteiger partial charge on any atom is 0.136 e. The SMILES string of the molecule is N=C1C(c2ccc(-n3c4ccc(-c5ccc6c(c5)oc5ccccc56)cc4c4c5ccccc5c5cc6ccccc6cc5c43)cc2)=CC=C(N(c2ccc(-c3ccccc3)cc2)c2cccc(-c3ccccc3)c2)/C1=N/S. The molecule has 0 radical (unpaired) electrons. The molecule has 0 aliphatic heterocycles. The second-order valence-corrected chi connectivity index (χ2v) is 20.3. The van der Waals surface area contributed by atoms with Crippen LogP contribution in [0.5, 0.6) is 0 Å². The minimum Gasteiger partial charge on any atom is -0.456 e. The zero-order chi connectivity index (χ0) is 51.8. The lowest BCUT2D eigenvalue weighted by Gasteiger charge is -2.31. The summed E-state index contributed by atoms with van der Waals surface area (Å²) < 4.78 is 13.4. The van der Waals surface area contributed by atoms with E-state index in [0.29, 0.717) is 5.71 Å². The van der Waals surface area contributed by atoms with Crippen LogP contribution in [-0.2, 0) is 0 Å². The summed E-state index contributed by atoms with van der Waals surface area (Å²) in [5.74, 6) is 0. The van der Waals surface area contributed by atoms with Crippen LogP contribution in [0.4, 0.5) is 11.4 Å². The number of furan rings is 1. The molecule has 1 N–H and O–H groups in total. The van der Waals surface area contributed by atoms with Gasteiger partial charge in [0.05, 0.1) is 22.4 Å². The van der Waals surface area contributed by atoms with Crippen LogP contribution in [0.2, 0.25) is 0 Å². The minimum atomic E-state index is 0.287. The first-order valence-electron chi connectivity index (χ1n) is 26.2. The first-order valence-corrected chi connectivity index (χ1v) is 26.6. The molecule has 6 heteroatoms. The van der Waals surface area contributed by atoms with Gasteiger partial charge in [-0.2, -0.15) is 0 Å². The molecule has 0 unspecified atom stereocenters. The van der Waals surface area contributed by atoms with Crippen LogP contribution in [0.1, 0.15) is 5.56 Å². The normalized spacial score (nSPS) is 13.4. The molecule has 12 aromatic carbocycles. The Morgan fingerprint density at radius 1 is 0.397 bits per heavy atom. The number of hydrogen-bond donors (Lipinski definition) is 2. The van der Waals surface area contributed by atoms with Crippen molar-refractivity contribution in [1.29, 1.82) is 5.41 Å². The van der Waals surface area contributed by atoms with Crippen molar-refractivity contribution in [1.82, 2.24) is 4.57 Å². The van der Waals surface area contributed by atoms with Crippen molar-refractivity contribution in [2.24, 2.45) is 4.40 Å². The summed E-state index contributed by atoms with van der Waals surface area (Å²) in [7, 11) is 0. The predicted molar refractivity (Wildman–Crippen MR) is 332 cm³/mol. The van der Waals surface area contributed by atoms with E-state index >= 15 is 0 Å². The van der Waals surface area contributed by atoms with E-state index in [-0.39, 0.29) is 5.71 Å². The lowest BCUT2D eigenvalue weighted by Crippen LogP contribution is -2.30. The number of rotatable bonds is 8. The van der Waals surface area contributed by atoms with Crippen molar-refractivity contribution in [2.45, 2.75) is 0 Å². The number of thiol groups is 1. The van der Waals surface area contributed by atoms with Gasteiger partial charge in [-0.1, -0.05) is 176 Å². The van der Waals surface area contributed by atoms with Gasteiger partial charge in [0.1, 0.15) is 16.9 Å². The maximum atomic E-state index is 9.89. The quantitative estimate of drug-likeness (QED) is 0.0690. The van der Waals surface area contributed by atoms with E-state index in [1.807, 2.05) is 24.3 Å². The smallest absolute Gasteiger partial charge is 0.136 e. The van der Waals surface area contributed by atoms with E-state index in [1.165, 1.54) is 43.1 Å². The summed E-state index contributed by atoms with van der Waals surface area (Å²) >= 11 is 4.60. The van der Waals surface area contributed by atoms with Crippen molar-refractivity contribution in [3.05, 3.63) is 278 Å². The molecular weight excluding hydrogens is 969 g/mol. The fourth-order valence-corrected chi connectivity index (χ4v) is 12.2. The van der Waals surface area contributed by atoms with Crippen LogP contribution in [0, 0.1) is 5.41 Å². The molecule has 2 aromatic heterocycles. The molecule has 2 heterocycles. The van der Waals surface area contributed by atoms with Crippen LogP contribution in [-0.4, -0.2) is 16.0 Å². The van der Waals surface area contributed by atoms with Gasteiger partial charge in [-0.3, -0.25) is 5.41 Å². The zero-order valence-electron chi connectivity index (χ0n) is 42.1. The number of nitrogens with zero attached hydrogens (tertiary/aromatic N) is 3. The summed E-state index contributed by atoms with van der Waals surface area (Å²) in [6, 6.07) is 90.6. The van der Waals surface area contributed by atoms with Crippen LogP contribution in [0.25, 0.3) is 121 Å². The van der Waals surface area contributed by atoms with Crippen LogP contribution in [0.15, 0.2) is 281 Å². The lowest BCUT2D eigenvalue weighted by atomic mass is 9.91. The summed E-state index contributed by atoms with van der Waals surface area (Å²) in [4.78, 5) is 2.18. The van der Waals surface area contributed by atoms with Crippen molar-refractivity contribution in [3.8, 4) is 39.1 Å². The highest BCUT2D eigenvalue weighted by Gasteiger charge is 2.28. The molecule has 14 aromatic rings. The third-order valence-corrected chi connectivity index (χ3v) is 15.9. The third kappa shape index (κ3) is 7.41. The van der Waals surface area contributed by atoms with E-state index in [9.17, 15) is 5.41 Å². The van der Waals surface area contributed by atoms with Gasteiger partial charge in [0.25, 0.3) is 0 Å². The van der Waals surface area contributed by atoms with E-state index < -0.39 is 0 Å². The highest BCUT2D eigenvalue weighted by Crippen LogP contribution is 2.46. The van der Waals surface area contributed by atoms with E-state index in [2.05, 4.69) is 269 Å². The summed E-state index contributed by atoms with van der Waals surface area (Å²) in [5.41, 5.74) is 16.8. The van der Waals surface area contributed by atoms with E-state index in [1.54, 1.807) is 0 Å². The topological polar surface area (TPSA) is 57.5 Å². The summed E-state index contributed by atoms with van der Waals surface area (Å²) in [6.45, 7) is 0. The van der Waals surface area contributed by atoms with Gasteiger partial charge >= 0.3 is 0 Å². The van der Waals surface area contributed by atoms with E-state index in [4.69, 9.17) is 4.42 Å². The Balaban J connectivity index is 0.880. The monoisotopic (exact) mass is 1010 g/mol. The summed E-state index contributed by atoms with van der Waals surface area (Å²) in [6.07, 6.45) is 4.13.